The molecule has 4 aromatic heterocycles. The van der Waals surface area contributed by atoms with Gasteiger partial charge in [-0.25, -0.2) is 4.98 Å². The predicted molar refractivity (Wildman–Crippen MR) is 158 cm³/mol. The van der Waals surface area contributed by atoms with Gasteiger partial charge in [0.05, 0.1) is 23.6 Å². The first-order valence-corrected chi connectivity index (χ1v) is 14.1. The minimum Gasteiger partial charge on any atom is -0.335 e. The number of carbonyl (C=O) groups excluding carboxylic acids is 1. The Hall–Kier alpha value is -4.17. The highest BCUT2D eigenvalue weighted by Crippen LogP contribution is 2.33. The molecule has 1 aromatic carbocycles. The molecular weight excluding hydrogens is 504 g/mol. The molecule has 0 unspecified atom stereocenters. The second-order valence-corrected chi connectivity index (χ2v) is 11.4. The smallest absolute Gasteiger partial charge is 0.227 e. The summed E-state index contributed by atoms with van der Waals surface area (Å²) in [6, 6.07) is 12.6. The van der Waals surface area contributed by atoms with Crippen molar-refractivity contribution >= 4 is 39.7 Å². The van der Waals surface area contributed by atoms with Crippen LogP contribution in [0, 0.1) is 19.8 Å². The maximum atomic E-state index is 12.3. The summed E-state index contributed by atoms with van der Waals surface area (Å²) in [4.78, 5) is 37.1. The SMILES string of the molecule is CCC/N=C(/c1nc2c(-c3ccc(C)s3)cncc2[nH]1)c1cc(-c2cncc(NC(=O)C3CC3)c2)ccc1C. The van der Waals surface area contributed by atoms with Crippen LogP contribution in [0.25, 0.3) is 32.6 Å². The van der Waals surface area contributed by atoms with Gasteiger partial charge in [-0.05, 0) is 68.5 Å². The van der Waals surface area contributed by atoms with Gasteiger partial charge in [-0.2, -0.15) is 0 Å². The van der Waals surface area contributed by atoms with Gasteiger partial charge >= 0.3 is 0 Å². The molecule has 5 aromatic rings. The van der Waals surface area contributed by atoms with Crippen molar-refractivity contribution in [3.8, 4) is 21.6 Å². The third-order valence-electron chi connectivity index (χ3n) is 6.90. The third-order valence-corrected chi connectivity index (χ3v) is 7.93. The first-order valence-electron chi connectivity index (χ1n) is 13.3. The monoisotopic (exact) mass is 534 g/mol. The largest absolute Gasteiger partial charge is 0.335 e. The first kappa shape index (κ1) is 25.1. The summed E-state index contributed by atoms with van der Waals surface area (Å²) in [5.74, 6) is 0.939. The Morgan fingerprint density at radius 2 is 1.90 bits per heavy atom. The van der Waals surface area contributed by atoms with E-state index in [1.807, 2.05) is 24.7 Å². The van der Waals surface area contributed by atoms with E-state index in [0.717, 1.165) is 74.5 Å². The molecule has 7 nitrogen and oxygen atoms in total. The highest BCUT2D eigenvalue weighted by Gasteiger charge is 2.29. The van der Waals surface area contributed by atoms with Crippen LogP contribution >= 0.6 is 11.3 Å². The van der Waals surface area contributed by atoms with Gasteiger partial charge < -0.3 is 10.3 Å². The number of imidazole rings is 1. The molecule has 0 atom stereocenters. The van der Waals surface area contributed by atoms with Gasteiger partial charge in [0.2, 0.25) is 5.91 Å². The van der Waals surface area contributed by atoms with Crippen molar-refractivity contribution in [3.05, 3.63) is 83.0 Å². The van der Waals surface area contributed by atoms with Crippen LogP contribution in [0.5, 0.6) is 0 Å². The average Bonchev–Trinajstić information content (AvgIpc) is 3.57. The molecule has 0 aliphatic heterocycles. The Labute approximate surface area is 231 Å². The summed E-state index contributed by atoms with van der Waals surface area (Å²) in [6.45, 7) is 7.01. The summed E-state index contributed by atoms with van der Waals surface area (Å²) in [6.07, 6.45) is 10.1. The van der Waals surface area contributed by atoms with E-state index in [1.54, 1.807) is 17.5 Å². The summed E-state index contributed by atoms with van der Waals surface area (Å²) in [5, 5.41) is 3.01. The van der Waals surface area contributed by atoms with E-state index in [0.29, 0.717) is 12.2 Å². The number of anilines is 1. The fourth-order valence-electron chi connectivity index (χ4n) is 4.63. The number of nitrogens with zero attached hydrogens (tertiary/aromatic N) is 4. The summed E-state index contributed by atoms with van der Waals surface area (Å²) in [7, 11) is 0. The highest BCUT2D eigenvalue weighted by molar-refractivity contribution is 7.15. The van der Waals surface area contributed by atoms with Crippen molar-refractivity contribution in [2.45, 2.75) is 40.0 Å². The van der Waals surface area contributed by atoms with Crippen molar-refractivity contribution in [1.29, 1.82) is 0 Å². The zero-order valence-electron chi connectivity index (χ0n) is 22.3. The number of aryl methyl sites for hydroxylation is 2. The number of fused-ring (bicyclic) bond motifs is 1. The van der Waals surface area contributed by atoms with Crippen molar-refractivity contribution in [2.24, 2.45) is 10.9 Å². The van der Waals surface area contributed by atoms with Crippen LogP contribution in [0.15, 0.2) is 66.2 Å². The normalized spacial score (nSPS) is 13.7. The van der Waals surface area contributed by atoms with Crippen LogP contribution in [0.1, 0.15) is 48.0 Å². The van der Waals surface area contributed by atoms with Crippen LogP contribution in [-0.4, -0.2) is 38.1 Å². The molecule has 2 N–H and O–H groups in total. The molecule has 4 heterocycles. The molecule has 196 valence electrons. The lowest BCUT2D eigenvalue weighted by molar-refractivity contribution is -0.117. The maximum absolute atomic E-state index is 12.3. The van der Waals surface area contributed by atoms with E-state index in [-0.39, 0.29) is 11.8 Å². The van der Waals surface area contributed by atoms with Gasteiger partial charge in [0, 0.05) is 51.3 Å². The standard InChI is InChI=1S/C31H30N6OS/c1-4-11-34-29(30-36-26-17-33-16-25(28(26)37-30)27-10-6-19(3)39-27)24-13-21(7-5-18(24)2)22-12-23(15-32-14-22)35-31(38)20-8-9-20/h5-7,10,12-17,20H,4,8-9,11H2,1-3H3,(H,35,38)(H,36,37)/b34-29+. The highest BCUT2D eigenvalue weighted by atomic mass is 32.1. The number of hydrogen-bond donors (Lipinski definition) is 2. The number of aromatic nitrogens is 4. The zero-order chi connectivity index (χ0) is 26.9. The van der Waals surface area contributed by atoms with Crippen LogP contribution in [0.4, 0.5) is 5.69 Å². The number of H-pyrrole nitrogens is 1. The lowest BCUT2D eigenvalue weighted by Crippen LogP contribution is -2.13. The van der Waals surface area contributed by atoms with E-state index in [1.165, 1.54) is 4.88 Å². The number of pyridine rings is 2. The van der Waals surface area contributed by atoms with E-state index in [9.17, 15) is 4.79 Å². The fourth-order valence-corrected chi connectivity index (χ4v) is 5.51. The Bertz CT molecular complexity index is 1710. The molecule has 8 heteroatoms. The molecule has 1 aliphatic rings. The topological polar surface area (TPSA) is 95.9 Å². The summed E-state index contributed by atoms with van der Waals surface area (Å²) >= 11 is 1.74. The Balaban J connectivity index is 1.40. The quantitative estimate of drug-likeness (QED) is 0.210. The molecule has 0 radical (unpaired) electrons. The second kappa shape index (κ2) is 10.5. The number of thiophene rings is 1. The second-order valence-electron chi connectivity index (χ2n) is 10.1. The number of carbonyl (C=O) groups is 1. The van der Waals surface area contributed by atoms with Crippen molar-refractivity contribution in [3.63, 3.8) is 0 Å². The first-order chi connectivity index (χ1) is 19.0. The number of benzene rings is 1. The number of nitrogens with one attached hydrogen (secondary N) is 2. The molecule has 1 fully saturated rings. The Kier molecular flexibility index (Phi) is 6.79. The zero-order valence-corrected chi connectivity index (χ0v) is 23.1. The third kappa shape index (κ3) is 5.25. The van der Waals surface area contributed by atoms with E-state index >= 15 is 0 Å². The minimum absolute atomic E-state index is 0.0731. The lowest BCUT2D eigenvalue weighted by Gasteiger charge is -2.12. The van der Waals surface area contributed by atoms with Crippen LogP contribution in [0.3, 0.4) is 0 Å². The molecule has 39 heavy (non-hydrogen) atoms. The number of amides is 1. The van der Waals surface area contributed by atoms with Crippen LogP contribution in [0.2, 0.25) is 0 Å². The Morgan fingerprint density at radius 3 is 2.67 bits per heavy atom. The summed E-state index contributed by atoms with van der Waals surface area (Å²) in [5.41, 5.74) is 8.38. The molecule has 0 spiro atoms. The number of rotatable bonds is 8. The van der Waals surface area contributed by atoms with Crippen molar-refractivity contribution in [1.82, 2.24) is 19.9 Å². The van der Waals surface area contributed by atoms with Crippen molar-refractivity contribution in [2.75, 3.05) is 11.9 Å². The van der Waals surface area contributed by atoms with Gasteiger partial charge in [-0.1, -0.05) is 19.1 Å². The lowest BCUT2D eigenvalue weighted by atomic mass is 9.97. The van der Waals surface area contributed by atoms with Gasteiger partial charge in [-0.15, -0.1) is 11.3 Å². The fraction of sp³-hybridized carbons (Fsp3) is 0.258. The number of aromatic amines is 1. The van der Waals surface area contributed by atoms with E-state index < -0.39 is 0 Å². The van der Waals surface area contributed by atoms with Crippen LogP contribution in [-0.2, 0) is 4.79 Å². The van der Waals surface area contributed by atoms with Gasteiger partial charge in [0.1, 0.15) is 11.2 Å². The molecular formula is C31H30N6OS. The number of aliphatic imine (C=N–C) groups is 1. The molecule has 0 bridgehead atoms. The van der Waals surface area contributed by atoms with Gasteiger partial charge in [0.25, 0.3) is 0 Å². The molecule has 6 rings (SSSR count). The number of hydrogen-bond acceptors (Lipinski definition) is 6. The van der Waals surface area contributed by atoms with Crippen LogP contribution < -0.4 is 5.32 Å². The molecule has 1 amide bonds. The van der Waals surface area contributed by atoms with Crippen molar-refractivity contribution < 1.29 is 4.79 Å². The molecule has 1 aliphatic carbocycles. The molecule has 0 saturated heterocycles. The van der Waals surface area contributed by atoms with Gasteiger partial charge in [0.15, 0.2) is 5.82 Å². The average molecular weight is 535 g/mol. The van der Waals surface area contributed by atoms with Gasteiger partial charge in [-0.3, -0.25) is 19.8 Å². The molecule has 1 saturated carbocycles. The maximum Gasteiger partial charge on any atom is 0.227 e. The predicted octanol–water partition coefficient (Wildman–Crippen LogP) is 6.96. The van der Waals surface area contributed by atoms with E-state index in [4.69, 9.17) is 9.98 Å². The van der Waals surface area contributed by atoms with E-state index in [2.05, 4.69) is 71.4 Å². The Morgan fingerprint density at radius 1 is 1.05 bits per heavy atom. The minimum atomic E-state index is 0.0731. The summed E-state index contributed by atoms with van der Waals surface area (Å²) < 4.78 is 0.